The molecule has 1 fully saturated rings. The Kier molecular flexibility index (Phi) is 4.22. The van der Waals surface area contributed by atoms with Gasteiger partial charge in [0.05, 0.1) is 21.8 Å². The lowest BCUT2D eigenvalue weighted by Gasteiger charge is -2.38. The molecule has 2 rings (SSSR count). The van der Waals surface area contributed by atoms with Gasteiger partial charge in [0.2, 0.25) is 0 Å². The Hall–Kier alpha value is -0.560. The topological polar surface area (TPSA) is 43.8 Å². The molecule has 0 saturated heterocycles. The highest BCUT2D eigenvalue weighted by Gasteiger charge is 2.46. The van der Waals surface area contributed by atoms with Crippen molar-refractivity contribution in [2.45, 2.75) is 50.7 Å². The van der Waals surface area contributed by atoms with E-state index >= 15 is 0 Å². The number of hydrogen-bond donors (Lipinski definition) is 1. The number of halogens is 4. The first-order chi connectivity index (χ1) is 9.12. The van der Waals surface area contributed by atoms with E-state index in [-0.39, 0.29) is 12.8 Å². The summed E-state index contributed by atoms with van der Waals surface area (Å²) in [4.78, 5) is 0. The van der Waals surface area contributed by atoms with Crippen LogP contribution >= 0.6 is 15.9 Å². The second kappa shape index (κ2) is 5.33. The van der Waals surface area contributed by atoms with Crippen molar-refractivity contribution in [1.82, 2.24) is 9.78 Å². The van der Waals surface area contributed by atoms with Gasteiger partial charge in [0.25, 0.3) is 0 Å². The Balaban J connectivity index is 2.19. The van der Waals surface area contributed by atoms with E-state index in [4.69, 9.17) is 5.73 Å². The summed E-state index contributed by atoms with van der Waals surface area (Å²) in [5, 5.41) is 4.27. The van der Waals surface area contributed by atoms with Gasteiger partial charge in [-0.05, 0) is 42.1 Å². The average Bonchev–Trinajstić information content (AvgIpc) is 2.55. The average molecular weight is 354 g/mol. The fraction of sp³-hybridized carbons (Fsp3) is 0.769. The molecule has 1 aliphatic carbocycles. The number of aromatic nitrogens is 2. The van der Waals surface area contributed by atoms with E-state index in [0.29, 0.717) is 19.3 Å². The van der Waals surface area contributed by atoms with Crippen LogP contribution in [0.4, 0.5) is 13.2 Å². The molecule has 2 atom stereocenters. The highest BCUT2D eigenvalue weighted by Crippen LogP contribution is 2.42. The normalized spacial score (nSPS) is 27.9. The molecule has 3 nitrogen and oxygen atoms in total. The summed E-state index contributed by atoms with van der Waals surface area (Å²) in [6.45, 7) is 1.86. The second-order valence-electron chi connectivity index (χ2n) is 5.84. The van der Waals surface area contributed by atoms with E-state index in [0.717, 1.165) is 15.9 Å². The van der Waals surface area contributed by atoms with Gasteiger partial charge < -0.3 is 5.73 Å². The molecule has 1 aromatic rings. The lowest BCUT2D eigenvalue weighted by molar-refractivity contribution is -0.187. The molecule has 0 aliphatic heterocycles. The fourth-order valence-electron chi connectivity index (χ4n) is 3.04. The Morgan fingerprint density at radius 1 is 1.50 bits per heavy atom. The minimum absolute atomic E-state index is 0.00678. The summed E-state index contributed by atoms with van der Waals surface area (Å²) in [5.41, 5.74) is 7.16. The van der Waals surface area contributed by atoms with E-state index in [1.54, 1.807) is 11.7 Å². The zero-order valence-corrected chi connectivity index (χ0v) is 13.2. The molecule has 1 saturated carbocycles. The Labute approximate surface area is 124 Å². The van der Waals surface area contributed by atoms with Crippen molar-refractivity contribution < 1.29 is 13.2 Å². The van der Waals surface area contributed by atoms with Crippen LogP contribution in [-0.2, 0) is 13.5 Å². The van der Waals surface area contributed by atoms with Crippen LogP contribution in [0, 0.1) is 12.8 Å². The van der Waals surface area contributed by atoms with Crippen LogP contribution in [0.3, 0.4) is 0 Å². The van der Waals surface area contributed by atoms with E-state index in [1.165, 1.54) is 0 Å². The Morgan fingerprint density at radius 2 is 2.15 bits per heavy atom. The number of alkyl halides is 3. The van der Waals surface area contributed by atoms with E-state index in [2.05, 4.69) is 21.0 Å². The second-order valence-corrected chi connectivity index (χ2v) is 6.64. The number of nitrogens with zero attached hydrogens (tertiary/aromatic N) is 2. The number of nitrogens with two attached hydrogens (primary N) is 1. The Morgan fingerprint density at radius 3 is 2.65 bits per heavy atom. The molecule has 1 aliphatic rings. The van der Waals surface area contributed by atoms with Crippen molar-refractivity contribution in [3.05, 3.63) is 15.9 Å². The van der Waals surface area contributed by atoms with Gasteiger partial charge in [0.15, 0.2) is 0 Å². The van der Waals surface area contributed by atoms with Gasteiger partial charge in [-0.3, -0.25) is 4.68 Å². The third-order valence-electron chi connectivity index (χ3n) is 4.12. The molecule has 0 radical (unpaired) electrons. The first-order valence-corrected chi connectivity index (χ1v) is 7.45. The molecule has 2 N–H and O–H groups in total. The van der Waals surface area contributed by atoms with Crippen LogP contribution in [0.5, 0.6) is 0 Å². The molecule has 0 bridgehead atoms. The maximum absolute atomic E-state index is 12.9. The minimum Gasteiger partial charge on any atom is -0.325 e. The largest absolute Gasteiger partial charge is 0.391 e. The van der Waals surface area contributed by atoms with Crippen molar-refractivity contribution in [2.24, 2.45) is 18.7 Å². The molecule has 0 spiro atoms. The predicted molar refractivity (Wildman–Crippen MR) is 74.3 cm³/mol. The van der Waals surface area contributed by atoms with Crippen molar-refractivity contribution in [3.8, 4) is 0 Å². The monoisotopic (exact) mass is 353 g/mol. The molecule has 2 unspecified atom stereocenters. The summed E-state index contributed by atoms with van der Waals surface area (Å²) in [7, 11) is 1.79. The summed E-state index contributed by atoms with van der Waals surface area (Å²) in [6, 6.07) is 0. The first kappa shape index (κ1) is 15.8. The summed E-state index contributed by atoms with van der Waals surface area (Å²) >= 11 is 3.45. The molecule has 20 heavy (non-hydrogen) atoms. The lowest BCUT2D eigenvalue weighted by atomic mass is 9.73. The number of hydrogen-bond acceptors (Lipinski definition) is 2. The Bertz CT molecular complexity index is 498. The van der Waals surface area contributed by atoms with Gasteiger partial charge in [0, 0.05) is 19.0 Å². The molecule has 1 heterocycles. The van der Waals surface area contributed by atoms with E-state index < -0.39 is 17.6 Å². The maximum Gasteiger partial charge on any atom is 0.391 e. The quantitative estimate of drug-likeness (QED) is 0.884. The van der Waals surface area contributed by atoms with Crippen molar-refractivity contribution in [2.75, 3.05) is 0 Å². The standard InChI is InChI=1S/C13H19BrF3N3/c1-8-11(14)10(20(2)19-8)7-12(18)5-3-4-9(6-12)13(15,16)17/h9H,3-7,18H2,1-2H3. The third kappa shape index (κ3) is 3.19. The summed E-state index contributed by atoms with van der Waals surface area (Å²) < 4.78 is 41.3. The van der Waals surface area contributed by atoms with Crippen molar-refractivity contribution in [1.29, 1.82) is 0 Å². The van der Waals surface area contributed by atoms with Crippen LogP contribution in [0.15, 0.2) is 4.47 Å². The van der Waals surface area contributed by atoms with Crippen molar-refractivity contribution in [3.63, 3.8) is 0 Å². The van der Waals surface area contributed by atoms with Gasteiger partial charge in [-0.15, -0.1) is 0 Å². The lowest BCUT2D eigenvalue weighted by Crippen LogP contribution is -2.49. The summed E-state index contributed by atoms with van der Waals surface area (Å²) in [5.74, 6) is -1.28. The van der Waals surface area contributed by atoms with Crippen LogP contribution < -0.4 is 5.73 Å². The van der Waals surface area contributed by atoms with Gasteiger partial charge >= 0.3 is 6.18 Å². The van der Waals surface area contributed by atoms with E-state index in [9.17, 15) is 13.2 Å². The molecule has 0 aromatic carbocycles. The number of aryl methyl sites for hydroxylation is 2. The van der Waals surface area contributed by atoms with Crippen LogP contribution in [0.2, 0.25) is 0 Å². The molecule has 114 valence electrons. The number of rotatable bonds is 2. The van der Waals surface area contributed by atoms with Gasteiger partial charge in [-0.25, -0.2) is 0 Å². The van der Waals surface area contributed by atoms with Gasteiger partial charge in [0.1, 0.15) is 0 Å². The predicted octanol–water partition coefficient (Wildman–Crippen LogP) is 3.48. The van der Waals surface area contributed by atoms with Crippen LogP contribution in [0.1, 0.15) is 37.1 Å². The molecular weight excluding hydrogens is 335 g/mol. The molecule has 1 aromatic heterocycles. The molecular formula is C13H19BrF3N3. The fourth-order valence-corrected chi connectivity index (χ4v) is 3.52. The van der Waals surface area contributed by atoms with Gasteiger partial charge in [-0.1, -0.05) is 6.42 Å². The highest BCUT2D eigenvalue weighted by atomic mass is 79.9. The SMILES string of the molecule is Cc1nn(C)c(CC2(N)CCCC(C(F)(F)F)C2)c1Br. The van der Waals surface area contributed by atoms with Crippen LogP contribution in [0.25, 0.3) is 0 Å². The smallest absolute Gasteiger partial charge is 0.325 e. The zero-order valence-electron chi connectivity index (χ0n) is 11.6. The van der Waals surface area contributed by atoms with Crippen LogP contribution in [-0.4, -0.2) is 21.5 Å². The van der Waals surface area contributed by atoms with E-state index in [1.807, 2.05) is 6.92 Å². The third-order valence-corrected chi connectivity index (χ3v) is 5.16. The maximum atomic E-state index is 12.9. The minimum atomic E-state index is -4.15. The molecule has 7 heteroatoms. The zero-order chi connectivity index (χ0) is 15.1. The molecule has 0 amide bonds. The highest BCUT2D eigenvalue weighted by molar-refractivity contribution is 9.10. The van der Waals surface area contributed by atoms with Crippen molar-refractivity contribution >= 4 is 15.9 Å². The first-order valence-electron chi connectivity index (χ1n) is 6.66. The van der Waals surface area contributed by atoms with Gasteiger partial charge in [-0.2, -0.15) is 18.3 Å². The summed E-state index contributed by atoms with van der Waals surface area (Å²) in [6.07, 6.45) is -2.41.